The third-order valence-electron chi connectivity index (χ3n) is 6.17. The van der Waals surface area contributed by atoms with E-state index in [1.54, 1.807) is 12.4 Å². The molecule has 7 rings (SSSR count). The van der Waals surface area contributed by atoms with Crippen molar-refractivity contribution < 1.29 is 9.53 Å². The van der Waals surface area contributed by atoms with Gasteiger partial charge in [0.15, 0.2) is 12.4 Å². The van der Waals surface area contributed by atoms with Crippen molar-refractivity contribution in [2.24, 2.45) is 0 Å². The first-order chi connectivity index (χ1) is 17.2. The molecule has 0 saturated carbocycles. The van der Waals surface area contributed by atoms with Crippen molar-refractivity contribution >= 4 is 33.5 Å². The van der Waals surface area contributed by atoms with E-state index >= 15 is 0 Å². The van der Waals surface area contributed by atoms with Crippen LogP contribution in [0.2, 0.25) is 0 Å². The molecule has 0 radical (unpaired) electrons. The van der Waals surface area contributed by atoms with E-state index < -0.39 is 0 Å². The Balaban J connectivity index is 1.48. The van der Waals surface area contributed by atoms with Crippen molar-refractivity contribution in [1.29, 1.82) is 0 Å². The van der Waals surface area contributed by atoms with Gasteiger partial charge in [0.05, 0.1) is 28.4 Å². The predicted molar refractivity (Wildman–Crippen MR) is 134 cm³/mol. The number of nitrogens with one attached hydrogen (secondary N) is 3. The number of hydrogen-bond donors (Lipinski definition) is 3. The SMILES string of the molecule is O=C1COc2cccc(c2)-c2cccc3[nH]c(nc23)-c2n[nH]c3ccc(cc23)-c2cncc(c2)N1. The Hall–Kier alpha value is -4.98. The highest BCUT2D eigenvalue weighted by Crippen LogP contribution is 2.34. The van der Waals surface area contributed by atoms with Crippen molar-refractivity contribution in [3.63, 3.8) is 0 Å². The van der Waals surface area contributed by atoms with Crippen LogP contribution in [0.1, 0.15) is 0 Å². The molecule has 0 saturated heterocycles. The summed E-state index contributed by atoms with van der Waals surface area (Å²) in [6.45, 7) is -0.116. The fourth-order valence-corrected chi connectivity index (χ4v) is 4.52. The summed E-state index contributed by atoms with van der Waals surface area (Å²) in [7, 11) is 0. The van der Waals surface area contributed by atoms with Crippen LogP contribution in [0, 0.1) is 0 Å². The largest absolute Gasteiger partial charge is 0.484 e. The lowest BCUT2D eigenvalue weighted by atomic mass is 10.0. The molecule has 1 aliphatic rings. The maximum Gasteiger partial charge on any atom is 0.262 e. The molecule has 0 fully saturated rings. The lowest BCUT2D eigenvalue weighted by Crippen LogP contribution is -2.20. The molecule has 0 spiro atoms. The number of fused-ring (bicyclic) bond motifs is 9. The fraction of sp³-hybridized carbons (Fsp3) is 0.0370. The maximum atomic E-state index is 12.6. The second-order valence-electron chi connectivity index (χ2n) is 8.45. The fourth-order valence-electron chi connectivity index (χ4n) is 4.52. The molecule has 35 heavy (non-hydrogen) atoms. The Morgan fingerprint density at radius 3 is 2.77 bits per heavy atom. The molecular formula is C27H18N6O2. The number of hydrogen-bond acceptors (Lipinski definition) is 5. The molecule has 3 N–H and O–H groups in total. The van der Waals surface area contributed by atoms with Crippen LogP contribution in [-0.4, -0.2) is 37.7 Å². The lowest BCUT2D eigenvalue weighted by Gasteiger charge is -2.10. The van der Waals surface area contributed by atoms with Crippen LogP contribution in [0.5, 0.6) is 5.75 Å². The van der Waals surface area contributed by atoms with Crippen molar-refractivity contribution in [3.05, 3.63) is 79.1 Å². The van der Waals surface area contributed by atoms with E-state index in [0.29, 0.717) is 17.3 Å². The van der Waals surface area contributed by atoms with E-state index in [2.05, 4.69) is 31.5 Å². The molecule has 168 valence electrons. The van der Waals surface area contributed by atoms with Crippen LogP contribution in [-0.2, 0) is 4.79 Å². The first-order valence-corrected chi connectivity index (χ1v) is 11.2. The summed E-state index contributed by atoms with van der Waals surface area (Å²) in [4.78, 5) is 25.3. The van der Waals surface area contributed by atoms with Crippen molar-refractivity contribution in [1.82, 2.24) is 25.1 Å². The number of anilines is 1. The van der Waals surface area contributed by atoms with Gasteiger partial charge in [-0.15, -0.1) is 0 Å². The Bertz CT molecular complexity index is 1770. The molecule has 0 aliphatic carbocycles. The van der Waals surface area contributed by atoms with Crippen molar-refractivity contribution in [2.75, 3.05) is 11.9 Å². The standard InChI is InChI=1S/C27H18N6O2/c34-24-14-35-19-4-1-3-16(10-19)20-5-2-6-23-25(20)31-27(30-23)26-21-11-15(7-8-22(21)32-33-26)17-9-18(29-24)13-28-12-17/h1-13H,14H2,(H,29,34)(H,30,31)(H,32,33). The zero-order valence-electron chi connectivity index (χ0n) is 18.4. The second kappa shape index (κ2) is 7.53. The highest BCUT2D eigenvalue weighted by molar-refractivity contribution is 5.99. The molecule has 8 heteroatoms. The number of pyridine rings is 1. The van der Waals surface area contributed by atoms with E-state index in [9.17, 15) is 4.79 Å². The average Bonchev–Trinajstić information content (AvgIpc) is 3.51. The molecule has 8 bridgehead atoms. The predicted octanol–water partition coefficient (Wildman–Crippen LogP) is 5.17. The number of para-hydroxylation sites is 1. The number of benzene rings is 3. The first-order valence-electron chi connectivity index (χ1n) is 11.2. The van der Waals surface area contributed by atoms with Crippen LogP contribution in [0.25, 0.3) is 55.7 Å². The average molecular weight is 458 g/mol. The van der Waals surface area contributed by atoms with Crippen LogP contribution >= 0.6 is 0 Å². The minimum Gasteiger partial charge on any atom is -0.484 e. The summed E-state index contributed by atoms with van der Waals surface area (Å²) < 4.78 is 5.80. The number of aromatic nitrogens is 5. The monoisotopic (exact) mass is 458 g/mol. The number of nitrogens with zero attached hydrogens (tertiary/aromatic N) is 3. The van der Waals surface area contributed by atoms with Gasteiger partial charge in [-0.1, -0.05) is 30.3 Å². The molecule has 4 heterocycles. The maximum absolute atomic E-state index is 12.6. The van der Waals surface area contributed by atoms with Crippen LogP contribution < -0.4 is 10.1 Å². The number of amides is 1. The molecule has 0 atom stereocenters. The van der Waals surface area contributed by atoms with Gasteiger partial charge in [-0.3, -0.25) is 14.9 Å². The van der Waals surface area contributed by atoms with Gasteiger partial charge in [0, 0.05) is 22.7 Å². The lowest BCUT2D eigenvalue weighted by molar-refractivity contribution is -0.118. The number of rotatable bonds is 0. The number of aromatic amines is 2. The highest BCUT2D eigenvalue weighted by atomic mass is 16.5. The zero-order valence-corrected chi connectivity index (χ0v) is 18.4. The minimum atomic E-state index is -0.262. The van der Waals surface area contributed by atoms with Gasteiger partial charge in [-0.25, -0.2) is 4.98 Å². The zero-order chi connectivity index (χ0) is 23.4. The third-order valence-corrected chi connectivity index (χ3v) is 6.17. The number of carbonyl (C=O) groups excluding carboxylic acids is 1. The van der Waals surface area contributed by atoms with E-state index in [0.717, 1.165) is 49.9 Å². The van der Waals surface area contributed by atoms with Crippen LogP contribution in [0.3, 0.4) is 0 Å². The molecule has 1 amide bonds. The van der Waals surface area contributed by atoms with Crippen LogP contribution in [0.15, 0.2) is 79.1 Å². The van der Waals surface area contributed by atoms with E-state index in [-0.39, 0.29) is 12.5 Å². The molecule has 6 aromatic rings. The smallest absolute Gasteiger partial charge is 0.262 e. The summed E-state index contributed by atoms with van der Waals surface area (Å²) in [6.07, 6.45) is 3.39. The number of imidazole rings is 1. The minimum absolute atomic E-state index is 0.116. The highest BCUT2D eigenvalue weighted by Gasteiger charge is 2.17. The topological polar surface area (TPSA) is 109 Å². The molecule has 3 aromatic heterocycles. The van der Waals surface area contributed by atoms with Crippen molar-refractivity contribution in [2.45, 2.75) is 0 Å². The Morgan fingerprint density at radius 1 is 0.857 bits per heavy atom. The second-order valence-corrected chi connectivity index (χ2v) is 8.45. The molecular weight excluding hydrogens is 440 g/mol. The van der Waals surface area contributed by atoms with E-state index in [1.165, 1.54) is 0 Å². The summed E-state index contributed by atoms with van der Waals surface area (Å²) in [5.74, 6) is 1.02. The van der Waals surface area contributed by atoms with Gasteiger partial charge in [0.2, 0.25) is 0 Å². The Kier molecular flexibility index (Phi) is 4.19. The van der Waals surface area contributed by atoms with E-state index in [4.69, 9.17) is 9.72 Å². The van der Waals surface area contributed by atoms with Gasteiger partial charge in [0.25, 0.3) is 5.91 Å². The Morgan fingerprint density at radius 2 is 1.80 bits per heavy atom. The quantitative estimate of drug-likeness (QED) is 0.291. The van der Waals surface area contributed by atoms with Crippen molar-refractivity contribution in [3.8, 4) is 39.5 Å². The number of carbonyl (C=O) groups is 1. The molecule has 8 nitrogen and oxygen atoms in total. The summed E-state index contributed by atoms with van der Waals surface area (Å²) >= 11 is 0. The van der Waals surface area contributed by atoms with Crippen LogP contribution in [0.4, 0.5) is 5.69 Å². The number of H-pyrrole nitrogens is 2. The van der Waals surface area contributed by atoms with Gasteiger partial charge in [0.1, 0.15) is 11.4 Å². The summed E-state index contributed by atoms with van der Waals surface area (Å²) in [5.41, 5.74) is 7.71. The van der Waals surface area contributed by atoms with Gasteiger partial charge in [-0.2, -0.15) is 5.10 Å². The summed E-state index contributed by atoms with van der Waals surface area (Å²) in [6, 6.07) is 21.6. The van der Waals surface area contributed by atoms with E-state index in [1.807, 2.05) is 60.7 Å². The normalized spacial score (nSPS) is 13.0. The molecule has 0 unspecified atom stereocenters. The number of ether oxygens (including phenoxy) is 1. The molecule has 1 aliphatic heterocycles. The third kappa shape index (κ3) is 3.31. The molecule has 3 aromatic carbocycles. The van der Waals surface area contributed by atoms with Gasteiger partial charge < -0.3 is 15.0 Å². The van der Waals surface area contributed by atoms with Gasteiger partial charge >= 0.3 is 0 Å². The summed E-state index contributed by atoms with van der Waals surface area (Å²) in [5, 5.41) is 11.5. The van der Waals surface area contributed by atoms with Gasteiger partial charge in [-0.05, 0) is 47.5 Å². The Labute approximate surface area is 199 Å². The first kappa shape index (κ1) is 19.5.